The quantitative estimate of drug-likeness (QED) is 0.867. The molecule has 0 saturated heterocycles. The zero-order valence-corrected chi connectivity index (χ0v) is 12.9. The highest BCUT2D eigenvalue weighted by molar-refractivity contribution is 9.11. The second-order valence-corrected chi connectivity index (χ2v) is 8.51. The van der Waals surface area contributed by atoms with Crippen molar-refractivity contribution in [1.29, 1.82) is 0 Å². The van der Waals surface area contributed by atoms with E-state index in [1.54, 1.807) is 24.3 Å². The van der Waals surface area contributed by atoms with Crippen molar-refractivity contribution >= 4 is 42.8 Å². The molecule has 0 aliphatic carbocycles. The minimum absolute atomic E-state index is 0.0169. The number of anilines is 1. The highest BCUT2D eigenvalue weighted by Crippen LogP contribution is 2.28. The topological polar surface area (TPSA) is 60.2 Å². The highest BCUT2D eigenvalue weighted by atomic mass is 79.9. The Morgan fingerprint density at radius 3 is 2.61 bits per heavy atom. The van der Waals surface area contributed by atoms with Crippen LogP contribution in [-0.4, -0.2) is 8.42 Å². The van der Waals surface area contributed by atoms with Gasteiger partial charge in [-0.3, -0.25) is 0 Å². The Morgan fingerprint density at radius 1 is 1.28 bits per heavy atom. The molecule has 0 atom stereocenters. The van der Waals surface area contributed by atoms with E-state index in [1.165, 1.54) is 11.3 Å². The van der Waals surface area contributed by atoms with E-state index in [1.807, 2.05) is 13.0 Å². The van der Waals surface area contributed by atoms with Crippen LogP contribution in [-0.2, 0) is 15.6 Å². The van der Waals surface area contributed by atoms with Crippen molar-refractivity contribution in [2.75, 3.05) is 5.73 Å². The van der Waals surface area contributed by atoms with Gasteiger partial charge in [0.25, 0.3) is 0 Å². The first-order valence-electron chi connectivity index (χ1n) is 5.21. The van der Waals surface area contributed by atoms with Gasteiger partial charge in [0.05, 0.1) is 20.1 Å². The largest absolute Gasteiger partial charge is 0.398 e. The molecule has 1 aromatic carbocycles. The van der Waals surface area contributed by atoms with Crippen molar-refractivity contribution in [1.82, 2.24) is 0 Å². The molecular formula is C12H12BrNO2S2. The number of thiophene rings is 1. The van der Waals surface area contributed by atoms with Crippen molar-refractivity contribution in [3.05, 3.63) is 44.6 Å². The van der Waals surface area contributed by atoms with Crippen LogP contribution in [0.1, 0.15) is 10.4 Å². The first-order valence-corrected chi connectivity index (χ1v) is 8.48. The van der Waals surface area contributed by atoms with E-state index < -0.39 is 9.84 Å². The molecule has 0 aliphatic rings. The zero-order valence-electron chi connectivity index (χ0n) is 9.68. The Labute approximate surface area is 119 Å². The predicted molar refractivity (Wildman–Crippen MR) is 78.5 cm³/mol. The second kappa shape index (κ2) is 5.03. The lowest BCUT2D eigenvalue weighted by Crippen LogP contribution is -2.07. The second-order valence-electron chi connectivity index (χ2n) is 4.01. The van der Waals surface area contributed by atoms with Crippen molar-refractivity contribution in [2.24, 2.45) is 0 Å². The lowest BCUT2D eigenvalue weighted by molar-refractivity contribution is 0.596. The van der Waals surface area contributed by atoms with Gasteiger partial charge < -0.3 is 5.73 Å². The molecule has 0 unspecified atom stereocenters. The highest BCUT2D eigenvalue weighted by Gasteiger charge is 2.19. The number of hydrogen-bond acceptors (Lipinski definition) is 4. The molecule has 0 saturated carbocycles. The SMILES string of the molecule is Cc1ccc(N)c(S(=O)(=O)Cc2ccc(Br)s2)c1. The summed E-state index contributed by atoms with van der Waals surface area (Å²) in [5.74, 6) is -0.0169. The fourth-order valence-corrected chi connectivity index (χ4v) is 5.00. The van der Waals surface area contributed by atoms with Gasteiger partial charge in [0.1, 0.15) is 0 Å². The van der Waals surface area contributed by atoms with Crippen LogP contribution in [0.2, 0.25) is 0 Å². The summed E-state index contributed by atoms with van der Waals surface area (Å²) in [5, 5.41) is 0. The normalized spacial score (nSPS) is 11.7. The number of halogens is 1. The maximum absolute atomic E-state index is 12.3. The maximum atomic E-state index is 12.3. The summed E-state index contributed by atoms with van der Waals surface area (Å²) in [6.07, 6.45) is 0. The van der Waals surface area contributed by atoms with Gasteiger partial charge in [-0.2, -0.15) is 0 Å². The molecular weight excluding hydrogens is 334 g/mol. The number of aryl methyl sites for hydroxylation is 1. The van der Waals surface area contributed by atoms with Crippen LogP contribution in [0, 0.1) is 6.92 Å². The first kappa shape index (κ1) is 13.6. The van der Waals surface area contributed by atoms with Crippen LogP contribution in [0.25, 0.3) is 0 Å². The summed E-state index contributed by atoms with van der Waals surface area (Å²) < 4.78 is 25.5. The van der Waals surface area contributed by atoms with Gasteiger partial charge in [-0.15, -0.1) is 11.3 Å². The minimum Gasteiger partial charge on any atom is -0.398 e. The molecule has 96 valence electrons. The molecule has 2 N–H and O–H groups in total. The van der Waals surface area contributed by atoms with E-state index >= 15 is 0 Å². The van der Waals surface area contributed by atoms with Crippen LogP contribution in [0.3, 0.4) is 0 Å². The van der Waals surface area contributed by atoms with Crippen LogP contribution in [0.4, 0.5) is 5.69 Å². The summed E-state index contributed by atoms with van der Waals surface area (Å²) in [6.45, 7) is 1.85. The molecule has 0 aliphatic heterocycles. The molecule has 1 heterocycles. The molecule has 2 rings (SSSR count). The Balaban J connectivity index is 2.39. The third-order valence-electron chi connectivity index (χ3n) is 2.47. The summed E-state index contributed by atoms with van der Waals surface area (Å²) in [7, 11) is -3.39. The van der Waals surface area contributed by atoms with Crippen molar-refractivity contribution in [2.45, 2.75) is 17.6 Å². The van der Waals surface area contributed by atoms with E-state index in [0.717, 1.165) is 14.2 Å². The zero-order chi connectivity index (χ0) is 13.3. The number of hydrogen-bond donors (Lipinski definition) is 1. The summed E-state index contributed by atoms with van der Waals surface area (Å²) >= 11 is 4.74. The number of nitrogens with two attached hydrogens (primary N) is 1. The summed E-state index contributed by atoms with van der Waals surface area (Å²) in [4.78, 5) is 1.01. The van der Waals surface area contributed by atoms with E-state index in [2.05, 4.69) is 15.9 Å². The Kier molecular flexibility index (Phi) is 3.79. The van der Waals surface area contributed by atoms with E-state index in [9.17, 15) is 8.42 Å². The van der Waals surface area contributed by atoms with Gasteiger partial charge in [0.15, 0.2) is 9.84 Å². The van der Waals surface area contributed by atoms with E-state index in [4.69, 9.17) is 5.73 Å². The van der Waals surface area contributed by atoms with Gasteiger partial charge in [0.2, 0.25) is 0 Å². The van der Waals surface area contributed by atoms with Crippen molar-refractivity contribution in [3.63, 3.8) is 0 Å². The summed E-state index contributed by atoms with van der Waals surface area (Å²) in [6, 6.07) is 8.70. The monoisotopic (exact) mass is 345 g/mol. The van der Waals surface area contributed by atoms with Gasteiger partial charge in [-0.25, -0.2) is 8.42 Å². The first-order chi connectivity index (χ1) is 8.38. The molecule has 3 nitrogen and oxygen atoms in total. The number of nitrogen functional groups attached to an aromatic ring is 1. The van der Waals surface area contributed by atoms with E-state index in [-0.39, 0.29) is 10.6 Å². The van der Waals surface area contributed by atoms with Crippen LogP contribution in [0.15, 0.2) is 39.0 Å². The molecule has 1 aromatic heterocycles. The molecule has 18 heavy (non-hydrogen) atoms. The summed E-state index contributed by atoms with van der Waals surface area (Å²) in [5.41, 5.74) is 6.94. The Morgan fingerprint density at radius 2 is 2.00 bits per heavy atom. The molecule has 0 bridgehead atoms. The lowest BCUT2D eigenvalue weighted by Gasteiger charge is -2.07. The van der Waals surface area contributed by atoms with Gasteiger partial charge in [-0.05, 0) is 52.7 Å². The molecule has 2 aromatic rings. The van der Waals surface area contributed by atoms with Crippen molar-refractivity contribution in [3.8, 4) is 0 Å². The smallest absolute Gasteiger partial charge is 0.185 e. The standard InChI is InChI=1S/C12H12BrNO2S2/c1-8-2-4-10(14)11(6-8)18(15,16)7-9-3-5-12(13)17-9/h2-6H,7,14H2,1H3. The molecule has 0 radical (unpaired) electrons. The fraction of sp³-hybridized carbons (Fsp3) is 0.167. The Bertz CT molecular complexity index is 677. The number of benzene rings is 1. The fourth-order valence-electron chi connectivity index (χ4n) is 1.61. The van der Waals surface area contributed by atoms with Gasteiger partial charge >= 0.3 is 0 Å². The maximum Gasteiger partial charge on any atom is 0.185 e. The van der Waals surface area contributed by atoms with Crippen molar-refractivity contribution < 1.29 is 8.42 Å². The molecule has 0 fully saturated rings. The minimum atomic E-state index is -3.39. The molecule has 0 spiro atoms. The van der Waals surface area contributed by atoms with Gasteiger partial charge in [0, 0.05) is 4.88 Å². The molecule has 0 amide bonds. The number of sulfone groups is 1. The average Bonchev–Trinajstić information content (AvgIpc) is 2.66. The molecule has 6 heteroatoms. The third kappa shape index (κ3) is 2.93. The average molecular weight is 346 g/mol. The van der Waals surface area contributed by atoms with Crippen LogP contribution < -0.4 is 5.73 Å². The van der Waals surface area contributed by atoms with Crippen LogP contribution in [0.5, 0.6) is 0 Å². The lowest BCUT2D eigenvalue weighted by atomic mass is 10.2. The third-order valence-corrected chi connectivity index (χ3v) is 5.99. The van der Waals surface area contributed by atoms with Gasteiger partial charge in [-0.1, -0.05) is 6.07 Å². The number of rotatable bonds is 3. The Hall–Kier alpha value is -0.850. The van der Waals surface area contributed by atoms with Crippen LogP contribution >= 0.6 is 27.3 Å². The predicted octanol–water partition coefficient (Wildman–Crippen LogP) is 3.38. The van der Waals surface area contributed by atoms with E-state index in [0.29, 0.717) is 5.69 Å².